The van der Waals surface area contributed by atoms with E-state index in [1.165, 1.54) is 18.0 Å². The number of thioether (sulfide) groups is 1. The Morgan fingerprint density at radius 1 is 1.18 bits per heavy atom. The van der Waals surface area contributed by atoms with E-state index in [0.29, 0.717) is 16.3 Å². The summed E-state index contributed by atoms with van der Waals surface area (Å²) in [6.45, 7) is 4.97. The van der Waals surface area contributed by atoms with Gasteiger partial charge in [-0.2, -0.15) is 21.6 Å². The van der Waals surface area contributed by atoms with Crippen molar-refractivity contribution in [3.8, 4) is 5.75 Å². The van der Waals surface area contributed by atoms with Gasteiger partial charge in [-0.25, -0.2) is 4.31 Å². The van der Waals surface area contributed by atoms with E-state index < -0.39 is 15.6 Å². The lowest BCUT2D eigenvalue weighted by Crippen LogP contribution is -2.49. The first-order chi connectivity index (χ1) is 16.0. The molecule has 0 bridgehead atoms. The molecule has 1 unspecified atom stereocenters. The van der Waals surface area contributed by atoms with Crippen LogP contribution >= 0.6 is 23.7 Å². The number of alkyl halides is 3. The molecule has 188 valence electrons. The van der Waals surface area contributed by atoms with E-state index in [1.54, 1.807) is 12.3 Å². The number of likely N-dealkylation sites (N-methyl/N-ethyl adjacent to an activating group) is 1. The molecule has 2 aromatic carbocycles. The zero-order valence-electron chi connectivity index (χ0n) is 19.6. The molecule has 0 amide bonds. The van der Waals surface area contributed by atoms with Crippen LogP contribution in [0.15, 0.2) is 52.3 Å². The second-order valence-corrected chi connectivity index (χ2v) is 11.7. The van der Waals surface area contributed by atoms with Crippen LogP contribution in [0.5, 0.6) is 5.75 Å². The zero-order chi connectivity index (χ0) is 25.1. The van der Waals surface area contributed by atoms with Gasteiger partial charge in [-0.05, 0) is 56.3 Å². The Morgan fingerprint density at radius 3 is 2.41 bits per heavy atom. The molecule has 1 atom stereocenters. The van der Waals surface area contributed by atoms with Crippen molar-refractivity contribution >= 4 is 45.2 Å². The Balaban J connectivity index is 2.18. The van der Waals surface area contributed by atoms with E-state index in [-0.39, 0.29) is 11.3 Å². The first-order valence-corrected chi connectivity index (χ1v) is 14.4. The maximum absolute atomic E-state index is 13.0. The molecule has 0 aromatic heterocycles. The average molecular weight is 535 g/mol. The number of halogens is 3. The molecule has 2 aromatic rings. The van der Waals surface area contributed by atoms with Crippen molar-refractivity contribution in [1.82, 2.24) is 4.31 Å². The van der Waals surface area contributed by atoms with E-state index in [1.807, 2.05) is 37.4 Å². The standard InChI is InChI=1S/C23H29F3N2O3S3/c1-5-7-13-22(6-2)16-28(17-11-9-8-10-12-17)18-14-21(32-4)19(15-20(18)33-27(22)3)31-34(29,30)23(24,25)26/h8-12,14-15H,5-7,13,16H2,1-4H3. The van der Waals surface area contributed by atoms with Gasteiger partial charge in [0.2, 0.25) is 0 Å². The zero-order valence-corrected chi connectivity index (χ0v) is 22.0. The first-order valence-electron chi connectivity index (χ1n) is 10.9. The molecular formula is C23H29F3N2O3S3. The summed E-state index contributed by atoms with van der Waals surface area (Å²) in [5, 5.41) is 0. The number of hydrogen-bond acceptors (Lipinski definition) is 7. The number of rotatable bonds is 8. The molecule has 3 rings (SSSR count). The Hall–Kier alpha value is -1.56. The molecule has 0 radical (unpaired) electrons. The maximum Gasteiger partial charge on any atom is 0.534 e. The van der Waals surface area contributed by atoms with E-state index in [9.17, 15) is 21.6 Å². The fraction of sp³-hybridized carbons (Fsp3) is 0.478. The van der Waals surface area contributed by atoms with Crippen molar-refractivity contribution in [2.45, 2.75) is 60.4 Å². The van der Waals surface area contributed by atoms with Gasteiger partial charge >= 0.3 is 15.6 Å². The molecule has 11 heteroatoms. The number of benzene rings is 2. The van der Waals surface area contributed by atoms with Crippen molar-refractivity contribution in [2.75, 3.05) is 24.7 Å². The summed E-state index contributed by atoms with van der Waals surface area (Å²) in [6, 6.07) is 12.9. The SMILES string of the molecule is CCCCC1(CC)CN(c2ccccc2)c2cc(SC)c(OS(=O)(=O)C(F)(F)F)cc2SN1C. The summed E-state index contributed by atoms with van der Waals surface area (Å²) < 4.78 is 69.4. The minimum atomic E-state index is -5.79. The molecule has 0 fully saturated rings. The highest BCUT2D eigenvalue weighted by Gasteiger charge is 2.49. The second-order valence-electron chi connectivity index (χ2n) is 8.15. The maximum atomic E-state index is 13.0. The van der Waals surface area contributed by atoms with Crippen LogP contribution < -0.4 is 9.08 Å². The van der Waals surface area contributed by atoms with Crippen molar-refractivity contribution in [1.29, 1.82) is 0 Å². The van der Waals surface area contributed by atoms with Crippen LogP contribution in [0.4, 0.5) is 24.5 Å². The van der Waals surface area contributed by atoms with Crippen LogP contribution in [0, 0.1) is 0 Å². The Bertz CT molecular complexity index is 1100. The molecule has 1 aliphatic rings. The fourth-order valence-corrected chi connectivity index (χ4v) is 6.26. The Morgan fingerprint density at radius 2 is 1.85 bits per heavy atom. The topological polar surface area (TPSA) is 49.9 Å². The quantitative estimate of drug-likeness (QED) is 0.155. The van der Waals surface area contributed by atoms with Crippen LogP contribution in [0.25, 0.3) is 0 Å². The van der Waals surface area contributed by atoms with Crippen LogP contribution in [-0.2, 0) is 10.1 Å². The molecule has 0 aliphatic carbocycles. The normalized spacial score (nSPS) is 19.6. The number of hydrogen-bond donors (Lipinski definition) is 0. The van der Waals surface area contributed by atoms with Gasteiger partial charge in [-0.1, -0.05) is 44.9 Å². The highest BCUT2D eigenvalue weighted by atomic mass is 32.2. The van der Waals surface area contributed by atoms with Gasteiger partial charge < -0.3 is 9.08 Å². The molecule has 1 heterocycles. The van der Waals surface area contributed by atoms with Gasteiger partial charge in [0.15, 0.2) is 5.75 Å². The first kappa shape index (κ1) is 27.0. The lowest BCUT2D eigenvalue weighted by atomic mass is 9.88. The van der Waals surface area contributed by atoms with Gasteiger partial charge in [0.05, 0.1) is 15.5 Å². The second kappa shape index (κ2) is 10.6. The predicted octanol–water partition coefficient (Wildman–Crippen LogP) is 7.07. The van der Waals surface area contributed by atoms with Crippen molar-refractivity contribution in [3.05, 3.63) is 42.5 Å². The lowest BCUT2D eigenvalue weighted by molar-refractivity contribution is -0.0500. The largest absolute Gasteiger partial charge is 0.534 e. The number of nitrogens with zero attached hydrogens (tertiary/aromatic N) is 2. The minimum Gasteiger partial charge on any atom is -0.375 e. The Kier molecular flexibility index (Phi) is 8.42. The van der Waals surface area contributed by atoms with E-state index in [4.69, 9.17) is 0 Å². The fourth-order valence-electron chi connectivity index (χ4n) is 4.02. The highest BCUT2D eigenvalue weighted by molar-refractivity contribution is 7.99. The Labute approximate surface area is 208 Å². The van der Waals surface area contributed by atoms with E-state index >= 15 is 0 Å². The summed E-state index contributed by atoms with van der Waals surface area (Å²) in [5.74, 6) is -0.324. The molecule has 34 heavy (non-hydrogen) atoms. The summed E-state index contributed by atoms with van der Waals surface area (Å²) in [4.78, 5) is 3.11. The third-order valence-electron chi connectivity index (χ3n) is 6.10. The number of anilines is 2. The van der Waals surface area contributed by atoms with Gasteiger partial charge in [0, 0.05) is 23.8 Å². The van der Waals surface area contributed by atoms with Crippen LogP contribution in [0.2, 0.25) is 0 Å². The van der Waals surface area contributed by atoms with Crippen molar-refractivity contribution < 1.29 is 25.8 Å². The third kappa shape index (κ3) is 5.47. The van der Waals surface area contributed by atoms with Gasteiger partial charge in [0.25, 0.3) is 0 Å². The molecular weight excluding hydrogens is 505 g/mol. The van der Waals surface area contributed by atoms with Crippen LogP contribution in [0.1, 0.15) is 39.5 Å². The third-order valence-corrected chi connectivity index (χ3v) is 9.01. The average Bonchev–Trinajstić information content (AvgIpc) is 2.91. The smallest absolute Gasteiger partial charge is 0.375 e. The minimum absolute atomic E-state index is 0.200. The monoisotopic (exact) mass is 534 g/mol. The van der Waals surface area contributed by atoms with E-state index in [0.717, 1.165) is 48.8 Å². The molecule has 0 spiro atoms. The molecule has 1 aliphatic heterocycles. The molecule has 5 nitrogen and oxygen atoms in total. The summed E-state index contributed by atoms with van der Waals surface area (Å²) in [7, 11) is -3.80. The van der Waals surface area contributed by atoms with Crippen LogP contribution in [-0.4, -0.2) is 43.6 Å². The number of unbranched alkanes of at least 4 members (excludes halogenated alkanes) is 1. The van der Waals surface area contributed by atoms with Gasteiger partial charge in [-0.3, -0.25) is 0 Å². The van der Waals surface area contributed by atoms with Gasteiger partial charge in [0.1, 0.15) is 0 Å². The summed E-state index contributed by atoms with van der Waals surface area (Å²) in [5.41, 5.74) is -3.95. The molecule has 0 N–H and O–H groups in total. The number of para-hydroxylation sites is 1. The predicted molar refractivity (Wildman–Crippen MR) is 133 cm³/mol. The van der Waals surface area contributed by atoms with E-state index in [2.05, 4.69) is 27.2 Å². The summed E-state index contributed by atoms with van der Waals surface area (Å²) >= 11 is 2.54. The lowest BCUT2D eigenvalue weighted by Gasteiger charge is -2.42. The number of fused-ring (bicyclic) bond motifs is 1. The van der Waals surface area contributed by atoms with Crippen molar-refractivity contribution in [3.63, 3.8) is 0 Å². The molecule has 0 saturated carbocycles. The van der Waals surface area contributed by atoms with Crippen LogP contribution in [0.3, 0.4) is 0 Å². The summed E-state index contributed by atoms with van der Waals surface area (Å²) in [6.07, 6.45) is 5.57. The van der Waals surface area contributed by atoms with Gasteiger partial charge in [-0.15, -0.1) is 11.8 Å². The highest BCUT2D eigenvalue weighted by Crippen LogP contribution is 2.49. The van der Waals surface area contributed by atoms with Crippen molar-refractivity contribution in [2.24, 2.45) is 0 Å². The molecule has 0 saturated heterocycles.